The summed E-state index contributed by atoms with van der Waals surface area (Å²) in [6.07, 6.45) is 1.43. The van der Waals surface area contributed by atoms with E-state index in [1.54, 1.807) is 0 Å². The molecular weight excluding hydrogens is 168 g/mol. The van der Waals surface area contributed by atoms with Crippen molar-refractivity contribution in [3.63, 3.8) is 0 Å². The van der Waals surface area contributed by atoms with Gasteiger partial charge in [-0.25, -0.2) is 0 Å². The molecule has 4 nitrogen and oxygen atoms in total. The summed E-state index contributed by atoms with van der Waals surface area (Å²) in [5.41, 5.74) is 5.50. The van der Waals surface area contributed by atoms with Crippen LogP contribution in [0.1, 0.15) is 26.7 Å². The van der Waals surface area contributed by atoms with Gasteiger partial charge in [0, 0.05) is 6.42 Å². The SMILES string of the molecule is CC(C)OC(=O)C1CCC(N)=NC1. The molecule has 0 saturated carbocycles. The summed E-state index contributed by atoms with van der Waals surface area (Å²) in [6, 6.07) is 0. The number of esters is 1. The summed E-state index contributed by atoms with van der Waals surface area (Å²) in [7, 11) is 0. The maximum absolute atomic E-state index is 11.4. The minimum Gasteiger partial charge on any atom is -0.463 e. The van der Waals surface area contributed by atoms with E-state index in [9.17, 15) is 4.79 Å². The average Bonchev–Trinajstić information content (AvgIpc) is 2.04. The molecule has 0 aromatic carbocycles. The molecule has 13 heavy (non-hydrogen) atoms. The van der Waals surface area contributed by atoms with E-state index in [2.05, 4.69) is 4.99 Å². The van der Waals surface area contributed by atoms with Crippen LogP contribution in [0.25, 0.3) is 0 Å². The number of ether oxygens (including phenoxy) is 1. The predicted octanol–water partition coefficient (Wildman–Crippen LogP) is 0.705. The van der Waals surface area contributed by atoms with Gasteiger partial charge in [-0.05, 0) is 20.3 Å². The Morgan fingerprint density at radius 3 is 2.85 bits per heavy atom. The third-order valence-electron chi connectivity index (χ3n) is 1.95. The molecule has 1 unspecified atom stereocenters. The van der Waals surface area contributed by atoms with E-state index in [0.29, 0.717) is 18.8 Å². The predicted molar refractivity (Wildman–Crippen MR) is 50.4 cm³/mol. The number of hydrogen-bond acceptors (Lipinski definition) is 4. The van der Waals surface area contributed by atoms with Gasteiger partial charge in [-0.1, -0.05) is 0 Å². The van der Waals surface area contributed by atoms with Gasteiger partial charge in [0.1, 0.15) is 0 Å². The van der Waals surface area contributed by atoms with Crippen molar-refractivity contribution in [1.82, 2.24) is 0 Å². The zero-order valence-corrected chi connectivity index (χ0v) is 8.12. The van der Waals surface area contributed by atoms with E-state index in [1.165, 1.54) is 0 Å². The van der Waals surface area contributed by atoms with Crippen LogP contribution in [0.2, 0.25) is 0 Å². The van der Waals surface area contributed by atoms with Crippen LogP contribution < -0.4 is 5.73 Å². The van der Waals surface area contributed by atoms with Crippen molar-refractivity contribution in [2.75, 3.05) is 6.54 Å². The van der Waals surface area contributed by atoms with Crippen molar-refractivity contribution < 1.29 is 9.53 Å². The fourth-order valence-corrected chi connectivity index (χ4v) is 1.24. The molecule has 0 saturated heterocycles. The van der Waals surface area contributed by atoms with Gasteiger partial charge in [0.2, 0.25) is 0 Å². The van der Waals surface area contributed by atoms with E-state index in [0.717, 1.165) is 6.42 Å². The van der Waals surface area contributed by atoms with Crippen LogP contribution in [0, 0.1) is 5.92 Å². The number of aliphatic imine (C=N–C) groups is 1. The fraction of sp³-hybridized carbons (Fsp3) is 0.778. The van der Waals surface area contributed by atoms with E-state index >= 15 is 0 Å². The molecule has 0 aromatic rings. The minimum absolute atomic E-state index is 0.0456. The third-order valence-corrected chi connectivity index (χ3v) is 1.95. The van der Waals surface area contributed by atoms with E-state index in [4.69, 9.17) is 10.5 Å². The van der Waals surface area contributed by atoms with Gasteiger partial charge in [-0.2, -0.15) is 0 Å². The molecule has 1 heterocycles. The van der Waals surface area contributed by atoms with Crippen molar-refractivity contribution in [1.29, 1.82) is 0 Å². The highest BCUT2D eigenvalue weighted by atomic mass is 16.5. The Balaban J connectivity index is 2.41. The summed E-state index contributed by atoms with van der Waals surface area (Å²) in [5, 5.41) is 0. The van der Waals surface area contributed by atoms with Gasteiger partial charge in [-0.15, -0.1) is 0 Å². The van der Waals surface area contributed by atoms with Crippen LogP contribution in [0.4, 0.5) is 0 Å². The second-order valence-electron chi connectivity index (χ2n) is 3.55. The molecule has 0 amide bonds. The monoisotopic (exact) mass is 184 g/mol. The summed E-state index contributed by atoms with van der Waals surface area (Å²) in [6.45, 7) is 4.17. The minimum atomic E-state index is -0.147. The molecule has 0 radical (unpaired) electrons. The maximum atomic E-state index is 11.4. The highest BCUT2D eigenvalue weighted by Crippen LogP contribution is 2.14. The number of nitrogens with two attached hydrogens (primary N) is 1. The lowest BCUT2D eigenvalue weighted by Crippen LogP contribution is -2.29. The Morgan fingerprint density at radius 2 is 2.38 bits per heavy atom. The van der Waals surface area contributed by atoms with Gasteiger partial charge in [0.15, 0.2) is 0 Å². The molecule has 4 heteroatoms. The Kier molecular flexibility index (Phi) is 3.28. The molecule has 74 valence electrons. The van der Waals surface area contributed by atoms with Gasteiger partial charge in [0.25, 0.3) is 0 Å². The van der Waals surface area contributed by atoms with Crippen LogP contribution in [0.15, 0.2) is 4.99 Å². The molecule has 2 N–H and O–H groups in total. The van der Waals surface area contributed by atoms with E-state index < -0.39 is 0 Å². The lowest BCUT2D eigenvalue weighted by atomic mass is 10.0. The van der Waals surface area contributed by atoms with Crippen molar-refractivity contribution in [2.24, 2.45) is 16.6 Å². The van der Waals surface area contributed by atoms with Gasteiger partial charge in [0.05, 0.1) is 24.4 Å². The molecule has 0 spiro atoms. The van der Waals surface area contributed by atoms with Crippen molar-refractivity contribution in [2.45, 2.75) is 32.8 Å². The molecule has 0 bridgehead atoms. The molecule has 1 aliphatic rings. The van der Waals surface area contributed by atoms with E-state index in [1.807, 2.05) is 13.8 Å². The highest BCUT2D eigenvalue weighted by Gasteiger charge is 2.23. The molecular formula is C9H16N2O2. The van der Waals surface area contributed by atoms with Crippen LogP contribution in [0.3, 0.4) is 0 Å². The highest BCUT2D eigenvalue weighted by molar-refractivity contribution is 5.83. The lowest BCUT2D eigenvalue weighted by Gasteiger charge is -2.19. The first kappa shape index (κ1) is 10.0. The topological polar surface area (TPSA) is 64.7 Å². The number of hydrogen-bond donors (Lipinski definition) is 1. The second kappa shape index (κ2) is 4.25. The molecule has 1 aliphatic heterocycles. The van der Waals surface area contributed by atoms with Crippen LogP contribution in [-0.4, -0.2) is 24.5 Å². The van der Waals surface area contributed by atoms with Crippen molar-refractivity contribution in [3.05, 3.63) is 0 Å². The largest absolute Gasteiger partial charge is 0.463 e. The van der Waals surface area contributed by atoms with Crippen molar-refractivity contribution in [3.8, 4) is 0 Å². The second-order valence-corrected chi connectivity index (χ2v) is 3.55. The number of nitrogens with zero attached hydrogens (tertiary/aromatic N) is 1. The Bertz CT molecular complexity index is 224. The fourth-order valence-electron chi connectivity index (χ4n) is 1.24. The summed E-state index contributed by atoms with van der Waals surface area (Å²) < 4.78 is 5.08. The number of amidine groups is 1. The van der Waals surface area contributed by atoms with Crippen LogP contribution >= 0.6 is 0 Å². The quantitative estimate of drug-likeness (QED) is 0.643. The molecule has 1 rings (SSSR count). The molecule has 0 fully saturated rings. The Labute approximate surface area is 78.2 Å². The first-order chi connectivity index (χ1) is 6.09. The third kappa shape index (κ3) is 3.05. The number of carbonyl (C=O) groups excluding carboxylic acids is 1. The van der Waals surface area contributed by atoms with Crippen LogP contribution in [-0.2, 0) is 9.53 Å². The van der Waals surface area contributed by atoms with Gasteiger partial charge in [-0.3, -0.25) is 9.79 Å². The molecule has 1 atom stereocenters. The van der Waals surface area contributed by atoms with E-state index in [-0.39, 0.29) is 18.0 Å². The zero-order valence-electron chi connectivity index (χ0n) is 8.12. The first-order valence-corrected chi connectivity index (χ1v) is 4.59. The smallest absolute Gasteiger partial charge is 0.311 e. The summed E-state index contributed by atoms with van der Waals surface area (Å²) >= 11 is 0. The van der Waals surface area contributed by atoms with Crippen LogP contribution in [0.5, 0.6) is 0 Å². The number of rotatable bonds is 2. The first-order valence-electron chi connectivity index (χ1n) is 4.59. The standard InChI is InChI=1S/C9H16N2O2/c1-6(2)13-9(12)7-3-4-8(10)11-5-7/h6-7H,3-5H2,1-2H3,(H2,10,11). The Morgan fingerprint density at radius 1 is 1.69 bits per heavy atom. The normalized spacial score (nSPS) is 22.7. The Hall–Kier alpha value is -1.06. The lowest BCUT2D eigenvalue weighted by molar-refractivity contribution is -0.152. The molecule has 0 aliphatic carbocycles. The van der Waals surface area contributed by atoms with Gasteiger partial charge >= 0.3 is 5.97 Å². The summed E-state index contributed by atoms with van der Waals surface area (Å²) in [5.74, 6) is 0.412. The summed E-state index contributed by atoms with van der Waals surface area (Å²) in [4.78, 5) is 15.4. The number of carbonyl (C=O) groups is 1. The maximum Gasteiger partial charge on any atom is 0.311 e. The van der Waals surface area contributed by atoms with Gasteiger partial charge < -0.3 is 10.5 Å². The zero-order chi connectivity index (χ0) is 9.84. The molecule has 0 aromatic heterocycles. The van der Waals surface area contributed by atoms with Crippen molar-refractivity contribution >= 4 is 11.8 Å². The average molecular weight is 184 g/mol.